The molecule has 0 saturated carbocycles. The summed E-state index contributed by atoms with van der Waals surface area (Å²) in [5, 5.41) is 9.86. The second-order valence-corrected chi connectivity index (χ2v) is 6.46. The van der Waals surface area contributed by atoms with Crippen LogP contribution in [0.1, 0.15) is 5.56 Å². The number of aliphatic hydroxyl groups is 1. The molecule has 2 heterocycles. The number of carbonyl (C=O) groups excluding carboxylic acids is 1. The molecule has 1 aliphatic rings. The second kappa shape index (κ2) is 7.60. The van der Waals surface area contributed by atoms with E-state index in [0.717, 1.165) is 5.56 Å². The maximum atomic E-state index is 11.8. The lowest BCUT2D eigenvalue weighted by Gasteiger charge is -2.08. The van der Waals surface area contributed by atoms with Crippen molar-refractivity contribution in [3.05, 3.63) is 89.9 Å². The quantitative estimate of drug-likeness (QED) is 0.510. The van der Waals surface area contributed by atoms with Gasteiger partial charge < -0.3 is 14.6 Å². The lowest BCUT2D eigenvalue weighted by atomic mass is 10.2. The van der Waals surface area contributed by atoms with Gasteiger partial charge in [0.05, 0.1) is 3.57 Å². The van der Waals surface area contributed by atoms with Crippen LogP contribution in [0.15, 0.2) is 69.5 Å². The number of hydrogen-bond donors (Lipinski definition) is 2. The van der Waals surface area contributed by atoms with Crippen LogP contribution >= 0.6 is 22.6 Å². The van der Waals surface area contributed by atoms with Crippen molar-refractivity contribution in [1.82, 2.24) is 9.55 Å². The van der Waals surface area contributed by atoms with E-state index >= 15 is 0 Å². The van der Waals surface area contributed by atoms with E-state index in [9.17, 15) is 19.5 Å². The van der Waals surface area contributed by atoms with Gasteiger partial charge in [-0.1, -0.05) is 30.3 Å². The Labute approximate surface area is 160 Å². The Balaban J connectivity index is 1.81. The third-order valence-electron chi connectivity index (χ3n) is 3.50. The van der Waals surface area contributed by atoms with Gasteiger partial charge in [-0.2, -0.15) is 0 Å². The average Bonchev–Trinajstić information content (AvgIpc) is 2.90. The number of aromatic amines is 1. The standard InChI is InChI=1S/C17H13IN2O6/c18-11-8-20(17(24)19-15(11)22)7-6-12-14(13(21)16(23)26-12)25-9-10-4-2-1-3-5-10/h1-6,8,21H,7,9H2,(H,19,22,24)/b12-6+. The molecule has 0 radical (unpaired) electrons. The highest BCUT2D eigenvalue weighted by atomic mass is 127. The molecule has 2 aromatic rings. The molecule has 8 nitrogen and oxygen atoms in total. The molecule has 3 rings (SSSR count). The number of hydrogen-bond acceptors (Lipinski definition) is 6. The first-order valence-corrected chi connectivity index (χ1v) is 8.55. The molecule has 134 valence electrons. The number of nitrogens with one attached hydrogen (secondary N) is 1. The zero-order valence-electron chi connectivity index (χ0n) is 13.3. The van der Waals surface area contributed by atoms with Gasteiger partial charge in [-0.3, -0.25) is 14.3 Å². The van der Waals surface area contributed by atoms with Gasteiger partial charge in [-0.15, -0.1) is 0 Å². The van der Waals surface area contributed by atoms with E-state index in [0.29, 0.717) is 3.57 Å². The van der Waals surface area contributed by atoms with Crippen LogP contribution < -0.4 is 11.2 Å². The third kappa shape index (κ3) is 3.87. The molecule has 9 heteroatoms. The van der Waals surface area contributed by atoms with Crippen molar-refractivity contribution < 1.29 is 19.4 Å². The number of nitrogens with zero attached hydrogens (tertiary/aromatic N) is 1. The first-order valence-electron chi connectivity index (χ1n) is 7.47. The maximum absolute atomic E-state index is 11.8. The lowest BCUT2D eigenvalue weighted by molar-refractivity contribution is -0.135. The summed E-state index contributed by atoms with van der Waals surface area (Å²) in [6.07, 6.45) is 2.79. The second-order valence-electron chi connectivity index (χ2n) is 5.30. The lowest BCUT2D eigenvalue weighted by Crippen LogP contribution is -2.30. The SMILES string of the molecule is O=C1O/C(=C/Cn2cc(I)c(=O)[nH]c2=O)C(OCc2ccccc2)=C1O. The molecular weight excluding hydrogens is 455 g/mol. The van der Waals surface area contributed by atoms with Crippen molar-refractivity contribution >= 4 is 28.6 Å². The number of ether oxygens (including phenoxy) is 2. The largest absolute Gasteiger partial charge is 0.499 e. The maximum Gasteiger partial charge on any atom is 0.383 e. The van der Waals surface area contributed by atoms with Crippen molar-refractivity contribution in [3.8, 4) is 0 Å². The average molecular weight is 468 g/mol. The first-order chi connectivity index (χ1) is 12.5. The van der Waals surface area contributed by atoms with Gasteiger partial charge in [0, 0.05) is 12.7 Å². The predicted octanol–water partition coefficient (Wildman–Crippen LogP) is 1.57. The van der Waals surface area contributed by atoms with Gasteiger partial charge in [0.1, 0.15) is 6.61 Å². The number of cyclic esters (lactones) is 1. The van der Waals surface area contributed by atoms with Crippen LogP contribution in [0, 0.1) is 3.57 Å². The van der Waals surface area contributed by atoms with Crippen LogP contribution in [-0.2, 0) is 27.4 Å². The summed E-state index contributed by atoms with van der Waals surface area (Å²) in [7, 11) is 0. The summed E-state index contributed by atoms with van der Waals surface area (Å²) in [6, 6.07) is 9.20. The zero-order chi connectivity index (χ0) is 18.7. The van der Waals surface area contributed by atoms with E-state index in [1.54, 1.807) is 22.6 Å². The van der Waals surface area contributed by atoms with Crippen molar-refractivity contribution in [3.63, 3.8) is 0 Å². The number of H-pyrrole nitrogens is 1. The Morgan fingerprint density at radius 3 is 2.69 bits per heavy atom. The molecule has 0 aliphatic carbocycles. The summed E-state index contributed by atoms with van der Waals surface area (Å²) in [5.74, 6) is -1.64. The third-order valence-corrected chi connectivity index (χ3v) is 4.27. The highest BCUT2D eigenvalue weighted by Gasteiger charge is 2.31. The number of carbonyl (C=O) groups is 1. The number of esters is 1. The Morgan fingerprint density at radius 2 is 1.96 bits per heavy atom. The van der Waals surface area contributed by atoms with Crippen LogP contribution in [-0.4, -0.2) is 20.6 Å². The minimum absolute atomic E-state index is 0.0107. The van der Waals surface area contributed by atoms with Crippen molar-refractivity contribution in [2.24, 2.45) is 0 Å². The first kappa shape index (κ1) is 18.0. The number of aromatic nitrogens is 2. The zero-order valence-corrected chi connectivity index (χ0v) is 15.4. The molecule has 1 aromatic carbocycles. The van der Waals surface area contributed by atoms with E-state index in [-0.39, 0.29) is 24.7 Å². The number of aliphatic hydroxyl groups excluding tert-OH is 1. The molecular formula is C17H13IN2O6. The highest BCUT2D eigenvalue weighted by molar-refractivity contribution is 14.1. The van der Waals surface area contributed by atoms with Crippen LogP contribution in [0.3, 0.4) is 0 Å². The molecule has 0 unspecified atom stereocenters. The van der Waals surface area contributed by atoms with Crippen LogP contribution in [0.25, 0.3) is 0 Å². The molecule has 26 heavy (non-hydrogen) atoms. The van der Waals surface area contributed by atoms with Gasteiger partial charge in [-0.05, 0) is 34.2 Å². The fraction of sp³-hybridized carbons (Fsp3) is 0.118. The highest BCUT2D eigenvalue weighted by Crippen LogP contribution is 2.26. The van der Waals surface area contributed by atoms with Crippen molar-refractivity contribution in [1.29, 1.82) is 0 Å². The minimum atomic E-state index is -0.928. The molecule has 1 aromatic heterocycles. The number of rotatable bonds is 5. The van der Waals surface area contributed by atoms with Crippen LogP contribution in [0.4, 0.5) is 0 Å². The monoisotopic (exact) mass is 468 g/mol. The van der Waals surface area contributed by atoms with E-state index in [4.69, 9.17) is 9.47 Å². The molecule has 0 bridgehead atoms. The number of halogens is 1. The molecule has 2 N–H and O–H groups in total. The topological polar surface area (TPSA) is 111 Å². The van der Waals surface area contributed by atoms with Gasteiger partial charge >= 0.3 is 11.7 Å². The number of benzene rings is 1. The van der Waals surface area contributed by atoms with E-state index in [2.05, 4.69) is 4.98 Å². The fourth-order valence-electron chi connectivity index (χ4n) is 2.21. The molecule has 0 fully saturated rings. The summed E-state index contributed by atoms with van der Waals surface area (Å²) >= 11 is 1.80. The normalized spacial score (nSPS) is 15.4. The van der Waals surface area contributed by atoms with Gasteiger partial charge in [0.25, 0.3) is 5.56 Å². The van der Waals surface area contributed by atoms with E-state index in [1.165, 1.54) is 16.8 Å². The van der Waals surface area contributed by atoms with Gasteiger partial charge in [0.15, 0.2) is 5.76 Å². The van der Waals surface area contributed by atoms with Gasteiger partial charge in [-0.25, -0.2) is 9.59 Å². The molecule has 0 atom stereocenters. The Bertz CT molecular complexity index is 1020. The van der Waals surface area contributed by atoms with Gasteiger partial charge in [0.2, 0.25) is 11.5 Å². The summed E-state index contributed by atoms with van der Waals surface area (Å²) in [5.41, 5.74) is -0.231. The predicted molar refractivity (Wildman–Crippen MR) is 99.1 cm³/mol. The molecule has 0 amide bonds. The summed E-state index contributed by atoms with van der Waals surface area (Å²) in [6.45, 7) is 0.143. The Morgan fingerprint density at radius 1 is 1.23 bits per heavy atom. The van der Waals surface area contributed by atoms with Crippen molar-refractivity contribution in [2.75, 3.05) is 0 Å². The molecule has 0 spiro atoms. The van der Waals surface area contributed by atoms with Crippen LogP contribution in [0.5, 0.6) is 0 Å². The Hall–Kier alpha value is -2.82. The Kier molecular flexibility index (Phi) is 5.26. The summed E-state index contributed by atoms with van der Waals surface area (Å²) < 4.78 is 12.1. The fourth-order valence-corrected chi connectivity index (χ4v) is 2.68. The summed E-state index contributed by atoms with van der Waals surface area (Å²) in [4.78, 5) is 37.0. The molecule has 0 saturated heterocycles. The van der Waals surface area contributed by atoms with Crippen molar-refractivity contribution in [2.45, 2.75) is 13.2 Å². The van der Waals surface area contributed by atoms with E-state index < -0.39 is 23.0 Å². The van der Waals surface area contributed by atoms with E-state index in [1.807, 2.05) is 30.3 Å². The minimum Gasteiger partial charge on any atom is -0.499 e. The smallest absolute Gasteiger partial charge is 0.383 e. The number of allylic oxidation sites excluding steroid dienone is 1. The van der Waals surface area contributed by atoms with Crippen LogP contribution in [0.2, 0.25) is 0 Å². The molecule has 1 aliphatic heterocycles.